The molecule has 1 aromatic rings. The number of benzene rings is 1. The normalized spacial score (nSPS) is 14.8. The molecule has 0 amide bonds. The fraction of sp³-hybridized carbons (Fsp3) is 0.632. The van der Waals surface area contributed by atoms with Crippen LogP contribution in [0.25, 0.3) is 0 Å². The molecule has 1 atom stereocenters. The summed E-state index contributed by atoms with van der Waals surface area (Å²) >= 11 is 0. The van der Waals surface area contributed by atoms with Crippen LogP contribution in [0.1, 0.15) is 46.6 Å². The second-order valence-corrected chi connectivity index (χ2v) is 12.5. The van der Waals surface area contributed by atoms with Gasteiger partial charge in [-0.2, -0.15) is 0 Å². The molecule has 0 spiro atoms. The third-order valence-electron chi connectivity index (χ3n) is 4.77. The fourth-order valence-electron chi connectivity index (χ4n) is 2.34. The van der Waals surface area contributed by atoms with Gasteiger partial charge in [0.1, 0.15) is 5.75 Å². The van der Waals surface area contributed by atoms with E-state index >= 15 is 0 Å². The topological polar surface area (TPSA) is 44.8 Å². The third kappa shape index (κ3) is 5.08. The van der Waals surface area contributed by atoms with Crippen molar-refractivity contribution in [2.45, 2.75) is 64.8 Å². The Bertz CT molecular complexity index is 545. The molecule has 0 heterocycles. The van der Waals surface area contributed by atoms with Crippen molar-refractivity contribution in [2.24, 2.45) is 0 Å². The van der Waals surface area contributed by atoms with Gasteiger partial charge in [-0.1, -0.05) is 32.9 Å². The lowest BCUT2D eigenvalue weighted by molar-refractivity contribution is -0.147. The molecule has 0 aliphatic carbocycles. The van der Waals surface area contributed by atoms with Gasteiger partial charge in [0.2, 0.25) is 0 Å². The van der Waals surface area contributed by atoms with Gasteiger partial charge in [-0.15, -0.1) is 0 Å². The first kappa shape index (κ1) is 20.7. The maximum absolute atomic E-state index is 12.2. The Balaban J connectivity index is 3.22. The fourth-order valence-corrected chi connectivity index (χ4v) is 3.97. The van der Waals surface area contributed by atoms with E-state index in [0.29, 0.717) is 6.61 Å². The van der Waals surface area contributed by atoms with Crippen molar-refractivity contribution in [2.75, 3.05) is 13.7 Å². The molecule has 0 radical (unpaired) electrons. The summed E-state index contributed by atoms with van der Waals surface area (Å²) in [7, 11) is -0.436. The van der Waals surface area contributed by atoms with Gasteiger partial charge in [-0.3, -0.25) is 4.79 Å². The number of rotatable bonds is 7. The number of methoxy groups -OCH3 is 1. The number of hydrogen-bond acceptors (Lipinski definition) is 4. The molecular weight excluding hydrogens is 320 g/mol. The van der Waals surface area contributed by atoms with Gasteiger partial charge in [-0.25, -0.2) is 0 Å². The number of hydrogen-bond donors (Lipinski definition) is 0. The highest BCUT2D eigenvalue weighted by molar-refractivity contribution is 6.74. The Hall–Kier alpha value is -1.33. The van der Waals surface area contributed by atoms with Gasteiger partial charge >= 0.3 is 5.97 Å². The van der Waals surface area contributed by atoms with Crippen molar-refractivity contribution in [3.05, 3.63) is 29.8 Å². The van der Waals surface area contributed by atoms with Crippen LogP contribution < -0.4 is 4.74 Å². The van der Waals surface area contributed by atoms with Gasteiger partial charge in [0.25, 0.3) is 0 Å². The molecule has 0 N–H and O–H groups in total. The first-order valence-electron chi connectivity index (χ1n) is 8.45. The summed E-state index contributed by atoms with van der Waals surface area (Å²) in [5.74, 6) is 0.541. The molecule has 1 rings (SSSR count). The molecule has 0 saturated heterocycles. The maximum Gasteiger partial charge on any atom is 0.309 e. The van der Waals surface area contributed by atoms with E-state index in [2.05, 4.69) is 33.9 Å². The molecule has 1 aromatic carbocycles. The second-order valence-electron chi connectivity index (χ2n) is 7.80. The molecule has 0 aliphatic rings. The van der Waals surface area contributed by atoms with Crippen LogP contribution in [0.15, 0.2) is 24.3 Å². The summed E-state index contributed by atoms with van der Waals surface area (Å²) in [6.07, 6.45) is 0.194. The van der Waals surface area contributed by atoms with Crippen molar-refractivity contribution in [3.63, 3.8) is 0 Å². The van der Waals surface area contributed by atoms with E-state index in [1.54, 1.807) is 7.11 Å². The summed E-state index contributed by atoms with van der Waals surface area (Å²) < 4.78 is 17.1. The van der Waals surface area contributed by atoms with Crippen molar-refractivity contribution >= 4 is 14.3 Å². The number of ether oxygens (including phenoxy) is 2. The van der Waals surface area contributed by atoms with E-state index in [0.717, 1.165) is 11.3 Å². The molecule has 0 fully saturated rings. The molecule has 5 heteroatoms. The van der Waals surface area contributed by atoms with E-state index in [1.165, 1.54) is 0 Å². The number of carbonyl (C=O) groups excluding carboxylic acids is 1. The number of esters is 1. The lowest BCUT2D eigenvalue weighted by Gasteiger charge is -2.44. The van der Waals surface area contributed by atoms with Crippen molar-refractivity contribution in [1.29, 1.82) is 0 Å². The lowest BCUT2D eigenvalue weighted by atomic mass is 9.92. The smallest absolute Gasteiger partial charge is 0.309 e. The zero-order chi connectivity index (χ0) is 18.6. The van der Waals surface area contributed by atoms with Crippen LogP contribution in [0.3, 0.4) is 0 Å². The zero-order valence-electron chi connectivity index (χ0n) is 16.4. The lowest BCUT2D eigenvalue weighted by Crippen LogP contribution is -2.48. The van der Waals surface area contributed by atoms with E-state index in [4.69, 9.17) is 13.9 Å². The molecule has 1 unspecified atom stereocenters. The quantitative estimate of drug-likeness (QED) is 0.518. The number of carbonyl (C=O) groups is 1. The Morgan fingerprint density at radius 2 is 1.62 bits per heavy atom. The van der Waals surface area contributed by atoms with Crippen molar-refractivity contribution in [1.82, 2.24) is 0 Å². The Morgan fingerprint density at radius 3 is 2.04 bits per heavy atom. The van der Waals surface area contributed by atoms with Crippen LogP contribution in [0, 0.1) is 0 Å². The Kier molecular flexibility index (Phi) is 6.65. The zero-order valence-corrected chi connectivity index (χ0v) is 17.4. The van der Waals surface area contributed by atoms with Gasteiger partial charge in [0, 0.05) is 0 Å². The first-order valence-corrected chi connectivity index (χ1v) is 11.4. The molecule has 0 aliphatic heterocycles. The van der Waals surface area contributed by atoms with Gasteiger partial charge < -0.3 is 13.9 Å². The minimum Gasteiger partial charge on any atom is -0.497 e. The Labute approximate surface area is 147 Å². The average molecular weight is 353 g/mol. The van der Waals surface area contributed by atoms with Crippen LogP contribution in [0.2, 0.25) is 18.1 Å². The van der Waals surface area contributed by atoms with Crippen LogP contribution >= 0.6 is 0 Å². The van der Waals surface area contributed by atoms with Gasteiger partial charge in [-0.05, 0) is 49.7 Å². The molecule has 0 bridgehead atoms. The molecule has 4 nitrogen and oxygen atoms in total. The largest absolute Gasteiger partial charge is 0.497 e. The third-order valence-corrected chi connectivity index (χ3v) is 9.35. The summed E-state index contributed by atoms with van der Waals surface area (Å²) in [6.45, 7) is 15.1. The molecule has 0 saturated carbocycles. The minimum absolute atomic E-state index is 0.0510. The van der Waals surface area contributed by atoms with Crippen molar-refractivity contribution in [3.8, 4) is 5.75 Å². The summed E-state index contributed by atoms with van der Waals surface area (Å²) in [6, 6.07) is 7.72. The van der Waals surface area contributed by atoms with Crippen LogP contribution in [-0.4, -0.2) is 28.0 Å². The maximum atomic E-state index is 12.2. The van der Waals surface area contributed by atoms with Crippen LogP contribution in [0.4, 0.5) is 0 Å². The van der Waals surface area contributed by atoms with E-state index in [9.17, 15) is 4.79 Å². The predicted octanol–water partition coefficient (Wildman–Crippen LogP) is 4.89. The monoisotopic (exact) mass is 352 g/mol. The Morgan fingerprint density at radius 1 is 1.08 bits per heavy atom. The van der Waals surface area contributed by atoms with Crippen molar-refractivity contribution < 1.29 is 18.7 Å². The van der Waals surface area contributed by atoms with E-state index in [-0.39, 0.29) is 17.4 Å². The predicted molar refractivity (Wildman–Crippen MR) is 99.9 cm³/mol. The van der Waals surface area contributed by atoms with E-state index in [1.807, 2.05) is 38.1 Å². The highest BCUT2D eigenvalue weighted by atomic mass is 28.4. The molecule has 136 valence electrons. The summed E-state index contributed by atoms with van der Waals surface area (Å²) in [5, 5.41) is 0.0510. The van der Waals surface area contributed by atoms with Gasteiger partial charge in [0.05, 0.1) is 25.7 Å². The highest BCUT2D eigenvalue weighted by Gasteiger charge is 2.44. The van der Waals surface area contributed by atoms with E-state index < -0.39 is 13.9 Å². The minimum atomic E-state index is -2.07. The second kappa shape index (κ2) is 7.70. The molecule has 24 heavy (non-hydrogen) atoms. The van der Waals surface area contributed by atoms with Gasteiger partial charge in [0.15, 0.2) is 8.32 Å². The summed E-state index contributed by atoms with van der Waals surface area (Å²) in [5.41, 5.74) is 0.239. The molecule has 0 aromatic heterocycles. The average Bonchev–Trinajstić information content (AvgIpc) is 2.45. The SMILES string of the molecule is CCOC(=O)CC(C)(O[Si](C)(C)C(C)(C)C)c1ccc(OC)cc1. The summed E-state index contributed by atoms with van der Waals surface area (Å²) in [4.78, 5) is 12.2. The van der Waals surface area contributed by atoms with Crippen LogP contribution in [0.5, 0.6) is 5.75 Å². The highest BCUT2D eigenvalue weighted by Crippen LogP contribution is 2.43. The molecular formula is C19H32O4Si. The van der Waals surface area contributed by atoms with Crippen LogP contribution in [-0.2, 0) is 19.6 Å². The standard InChI is InChI=1S/C19H32O4Si/c1-9-22-17(20)14-19(5,23-24(7,8)18(2,3)4)15-10-12-16(21-6)13-11-15/h10-13H,9,14H2,1-8H3. The first-order chi connectivity index (χ1) is 10.9.